The van der Waals surface area contributed by atoms with E-state index in [1.165, 1.54) is 0 Å². The van der Waals surface area contributed by atoms with Gasteiger partial charge in [-0.05, 0) is 0 Å². The summed E-state index contributed by atoms with van der Waals surface area (Å²) in [6.07, 6.45) is 0.801. The van der Waals surface area contributed by atoms with Crippen LogP contribution in [0.25, 0.3) is 0 Å². The zero-order valence-electron chi connectivity index (χ0n) is 5.82. The van der Waals surface area contributed by atoms with Gasteiger partial charge in [-0.15, -0.1) is 0 Å². The van der Waals surface area contributed by atoms with E-state index in [0.717, 1.165) is 31.6 Å². The predicted octanol–water partition coefficient (Wildman–Crippen LogP) is -0.440. The van der Waals surface area contributed by atoms with E-state index in [0.29, 0.717) is 6.42 Å². The third-order valence-electron chi connectivity index (χ3n) is 1.15. The molecule has 0 saturated heterocycles. The molecule has 1 atom stereocenters. The Balaban J connectivity index is 3.75. The molecule has 0 aromatic carbocycles. The van der Waals surface area contributed by atoms with Crippen LogP contribution < -0.4 is 0 Å². The SMILES string of the molecule is O=S(=O)(O)C(O)CC[CH2][Na]. The zero-order chi connectivity index (χ0) is 8.20. The minimum absolute atomic E-state index is 0.141. The van der Waals surface area contributed by atoms with Gasteiger partial charge >= 0.3 is 78.1 Å². The van der Waals surface area contributed by atoms with E-state index in [9.17, 15) is 8.42 Å². The van der Waals surface area contributed by atoms with E-state index < -0.39 is 15.6 Å². The average molecular weight is 176 g/mol. The van der Waals surface area contributed by atoms with Gasteiger partial charge in [0, 0.05) is 0 Å². The number of rotatable bonds is 4. The van der Waals surface area contributed by atoms with Crippen LogP contribution in [0, 0.1) is 0 Å². The normalized spacial score (nSPS) is 15.2. The van der Waals surface area contributed by atoms with Crippen LogP contribution in [-0.4, -0.2) is 51.4 Å². The molecule has 1 unspecified atom stereocenters. The Kier molecular flexibility index (Phi) is 5.10. The van der Waals surface area contributed by atoms with E-state index in [1.807, 2.05) is 0 Å². The van der Waals surface area contributed by atoms with Gasteiger partial charge in [0.25, 0.3) is 0 Å². The molecule has 0 aliphatic rings. The summed E-state index contributed by atoms with van der Waals surface area (Å²) >= 11 is 0.994. The van der Waals surface area contributed by atoms with Gasteiger partial charge in [-0.1, -0.05) is 0 Å². The van der Waals surface area contributed by atoms with E-state index in [2.05, 4.69) is 0 Å². The predicted molar refractivity (Wildman–Crippen MR) is 37.4 cm³/mol. The molecule has 0 amide bonds. The van der Waals surface area contributed by atoms with Crippen molar-refractivity contribution in [1.82, 2.24) is 0 Å². The van der Waals surface area contributed by atoms with Crippen molar-refractivity contribution in [3.05, 3.63) is 0 Å². The monoisotopic (exact) mass is 176 g/mol. The molecule has 6 heteroatoms. The maximum atomic E-state index is 10.2. The van der Waals surface area contributed by atoms with E-state index in [-0.39, 0.29) is 6.42 Å². The first-order chi connectivity index (χ1) is 4.48. The number of aliphatic hydroxyl groups excluding tert-OH is 1. The van der Waals surface area contributed by atoms with Crippen molar-refractivity contribution in [1.29, 1.82) is 0 Å². The molecule has 0 spiro atoms. The Morgan fingerprint density at radius 1 is 1.50 bits per heavy atom. The first-order valence-corrected chi connectivity index (χ1v) is 6.04. The first kappa shape index (κ1) is 10.9. The standard InChI is InChI=1S/C4H9O4S.Na/c1-2-3-4(5)9(6,7)8;/h4-5H,1-3H2,(H,6,7,8);. The molecule has 2 N–H and O–H groups in total. The molecule has 0 aliphatic heterocycles. The van der Waals surface area contributed by atoms with Crippen LogP contribution in [0.1, 0.15) is 12.8 Å². The third-order valence-corrected chi connectivity index (χ3v) is 2.78. The second kappa shape index (κ2) is 4.69. The minimum atomic E-state index is -4.20. The van der Waals surface area contributed by atoms with Gasteiger partial charge in [0.15, 0.2) is 0 Å². The quantitative estimate of drug-likeness (QED) is 0.450. The summed E-state index contributed by atoms with van der Waals surface area (Å²) in [5, 5.41) is 8.69. The molecule has 0 bridgehead atoms. The molecule has 0 radical (unpaired) electrons. The molecular formula is C4H9NaO4S. The van der Waals surface area contributed by atoms with E-state index in [4.69, 9.17) is 9.66 Å². The van der Waals surface area contributed by atoms with Crippen LogP contribution in [0.4, 0.5) is 0 Å². The first-order valence-electron chi connectivity index (χ1n) is 3.13. The van der Waals surface area contributed by atoms with Crippen molar-refractivity contribution in [3.63, 3.8) is 0 Å². The second-order valence-electron chi connectivity index (χ2n) is 2.11. The van der Waals surface area contributed by atoms with E-state index in [1.54, 1.807) is 0 Å². The molecule has 0 aromatic rings. The Morgan fingerprint density at radius 2 is 2.00 bits per heavy atom. The molecule has 0 heterocycles. The van der Waals surface area contributed by atoms with Crippen LogP contribution in [0.5, 0.6) is 0 Å². The molecule has 0 fully saturated rings. The average Bonchev–Trinajstić information content (AvgIpc) is 1.80. The van der Waals surface area contributed by atoms with Crippen molar-refractivity contribution < 1.29 is 18.1 Å². The summed E-state index contributed by atoms with van der Waals surface area (Å²) < 4.78 is 29.5. The Hall–Kier alpha value is 0.870. The summed E-state index contributed by atoms with van der Waals surface area (Å²) in [6.45, 7) is 0. The van der Waals surface area contributed by atoms with Gasteiger partial charge in [-0.2, -0.15) is 0 Å². The molecule has 0 saturated carbocycles. The Labute approximate surface area is 77.8 Å². The molecule has 10 heavy (non-hydrogen) atoms. The summed E-state index contributed by atoms with van der Waals surface area (Å²) in [4.78, 5) is 0. The van der Waals surface area contributed by atoms with Gasteiger partial charge in [0.2, 0.25) is 0 Å². The van der Waals surface area contributed by atoms with Crippen LogP contribution in [-0.2, 0) is 10.1 Å². The van der Waals surface area contributed by atoms with Crippen LogP contribution in [0.2, 0.25) is 3.67 Å². The van der Waals surface area contributed by atoms with Crippen molar-refractivity contribution in [2.24, 2.45) is 0 Å². The fraction of sp³-hybridized carbons (Fsp3) is 1.00. The Morgan fingerprint density at radius 3 is 2.30 bits per heavy atom. The van der Waals surface area contributed by atoms with Gasteiger partial charge < -0.3 is 0 Å². The van der Waals surface area contributed by atoms with Gasteiger partial charge in [0.05, 0.1) is 0 Å². The number of hydrogen-bond donors (Lipinski definition) is 2. The molecule has 0 aliphatic carbocycles. The fourth-order valence-corrected chi connectivity index (χ4v) is 1.40. The van der Waals surface area contributed by atoms with Crippen molar-refractivity contribution in [2.75, 3.05) is 0 Å². The van der Waals surface area contributed by atoms with Gasteiger partial charge in [0.1, 0.15) is 0 Å². The summed E-state index contributed by atoms with van der Waals surface area (Å²) in [6, 6.07) is 0. The van der Waals surface area contributed by atoms with Crippen LogP contribution in [0.3, 0.4) is 0 Å². The van der Waals surface area contributed by atoms with Crippen LogP contribution >= 0.6 is 0 Å². The van der Waals surface area contributed by atoms with Gasteiger partial charge in [-0.3, -0.25) is 0 Å². The zero-order valence-corrected chi connectivity index (χ0v) is 8.63. The van der Waals surface area contributed by atoms with E-state index >= 15 is 0 Å². The number of aliphatic hydroxyl groups is 1. The topological polar surface area (TPSA) is 74.6 Å². The molecule has 0 rings (SSSR count). The number of hydrogen-bond acceptors (Lipinski definition) is 3. The van der Waals surface area contributed by atoms with Crippen molar-refractivity contribution in [2.45, 2.75) is 21.9 Å². The fourth-order valence-electron chi connectivity index (χ4n) is 0.528. The van der Waals surface area contributed by atoms with Crippen molar-refractivity contribution >= 4 is 38.0 Å². The maximum absolute atomic E-state index is 10.2. The molecule has 56 valence electrons. The Bertz CT molecular complexity index is 176. The molecule has 0 aromatic heterocycles. The molecule has 4 nitrogen and oxygen atoms in total. The summed E-state index contributed by atoms with van der Waals surface area (Å²) in [5.41, 5.74) is -1.58. The summed E-state index contributed by atoms with van der Waals surface area (Å²) in [7, 11) is -4.20. The van der Waals surface area contributed by atoms with Gasteiger partial charge in [-0.25, -0.2) is 0 Å². The summed E-state index contributed by atoms with van der Waals surface area (Å²) in [5.74, 6) is 0. The van der Waals surface area contributed by atoms with Crippen molar-refractivity contribution in [3.8, 4) is 0 Å². The third kappa shape index (κ3) is 4.65. The second-order valence-corrected chi connectivity index (χ2v) is 4.69. The molecular weight excluding hydrogens is 167 g/mol. The van der Waals surface area contributed by atoms with Crippen LogP contribution in [0.15, 0.2) is 0 Å².